The Bertz CT molecular complexity index is 817. The molecule has 5 heteroatoms. The first-order valence-corrected chi connectivity index (χ1v) is 7.76. The van der Waals surface area contributed by atoms with Crippen LogP contribution in [0.15, 0.2) is 60.8 Å². The summed E-state index contributed by atoms with van der Waals surface area (Å²) < 4.78 is 24.4. The van der Waals surface area contributed by atoms with Crippen molar-refractivity contribution < 1.29 is 13.9 Å². The van der Waals surface area contributed by atoms with Crippen molar-refractivity contribution in [2.24, 2.45) is 0 Å². The van der Waals surface area contributed by atoms with Crippen LogP contribution < -0.4 is 9.47 Å². The number of ether oxygens (including phenoxy) is 2. The zero-order valence-corrected chi connectivity index (χ0v) is 13.8. The number of rotatable bonds is 5. The van der Waals surface area contributed by atoms with Crippen LogP contribution in [0.25, 0.3) is 0 Å². The Morgan fingerprint density at radius 1 is 1.08 bits per heavy atom. The third-order valence-corrected chi connectivity index (χ3v) is 3.67. The van der Waals surface area contributed by atoms with Gasteiger partial charge in [0.2, 0.25) is 5.88 Å². The van der Waals surface area contributed by atoms with Gasteiger partial charge in [-0.15, -0.1) is 0 Å². The molecule has 0 N–H and O–H groups in total. The number of para-hydroxylation sites is 1. The molecule has 0 saturated heterocycles. The summed E-state index contributed by atoms with van der Waals surface area (Å²) in [5, 5.41) is 0.531. The van der Waals surface area contributed by atoms with Gasteiger partial charge < -0.3 is 9.47 Å². The molecule has 0 fully saturated rings. The number of hydrogen-bond acceptors (Lipinski definition) is 3. The summed E-state index contributed by atoms with van der Waals surface area (Å²) in [7, 11) is 0. The first-order chi connectivity index (χ1) is 11.6. The summed E-state index contributed by atoms with van der Waals surface area (Å²) in [6.07, 6.45) is 1.56. The van der Waals surface area contributed by atoms with Gasteiger partial charge in [-0.3, -0.25) is 0 Å². The number of aromatic nitrogens is 1. The van der Waals surface area contributed by atoms with Crippen LogP contribution >= 0.6 is 11.6 Å². The van der Waals surface area contributed by atoms with Crippen LogP contribution in [0.2, 0.25) is 5.02 Å². The van der Waals surface area contributed by atoms with Crippen molar-refractivity contribution in [2.75, 3.05) is 0 Å². The number of hydrogen-bond donors (Lipinski definition) is 0. The Hall–Kier alpha value is -2.59. The lowest BCUT2D eigenvalue weighted by Crippen LogP contribution is -1.97. The normalized spacial score (nSPS) is 10.5. The van der Waals surface area contributed by atoms with Crippen molar-refractivity contribution in [1.29, 1.82) is 0 Å². The van der Waals surface area contributed by atoms with Gasteiger partial charge in [-0.25, -0.2) is 9.37 Å². The Balaban J connectivity index is 1.65. The highest BCUT2D eigenvalue weighted by Crippen LogP contribution is 2.32. The molecular formula is C19H15ClFNO2. The molecule has 0 unspecified atom stereocenters. The van der Waals surface area contributed by atoms with Gasteiger partial charge in [0.1, 0.15) is 18.2 Å². The second-order valence-electron chi connectivity index (χ2n) is 5.24. The van der Waals surface area contributed by atoms with Crippen molar-refractivity contribution in [3.05, 3.63) is 82.8 Å². The standard InChI is InChI=1S/C19H15ClFNO2/c1-13-4-2-7-17(20)19(13)24-18-9-8-16(11-22-18)23-12-14-5-3-6-15(21)10-14/h2-11H,12H2,1H3. The number of benzene rings is 2. The predicted molar refractivity (Wildman–Crippen MR) is 91.2 cm³/mol. The lowest BCUT2D eigenvalue weighted by molar-refractivity contribution is 0.303. The van der Waals surface area contributed by atoms with Crippen molar-refractivity contribution in [3.8, 4) is 17.4 Å². The van der Waals surface area contributed by atoms with E-state index in [0.717, 1.165) is 11.1 Å². The molecule has 0 bridgehead atoms. The molecule has 24 heavy (non-hydrogen) atoms. The van der Waals surface area contributed by atoms with E-state index in [1.54, 1.807) is 36.5 Å². The molecule has 3 rings (SSSR count). The van der Waals surface area contributed by atoms with Crippen molar-refractivity contribution in [2.45, 2.75) is 13.5 Å². The second kappa shape index (κ2) is 7.32. The summed E-state index contributed by atoms with van der Waals surface area (Å²) in [4.78, 5) is 4.21. The Morgan fingerprint density at radius 2 is 1.92 bits per heavy atom. The Morgan fingerprint density at radius 3 is 2.62 bits per heavy atom. The maximum atomic E-state index is 13.1. The molecule has 0 aliphatic carbocycles. The van der Waals surface area contributed by atoms with E-state index in [4.69, 9.17) is 21.1 Å². The van der Waals surface area contributed by atoms with Gasteiger partial charge in [0, 0.05) is 6.07 Å². The first-order valence-electron chi connectivity index (χ1n) is 7.38. The van der Waals surface area contributed by atoms with E-state index >= 15 is 0 Å². The van der Waals surface area contributed by atoms with Crippen molar-refractivity contribution in [1.82, 2.24) is 4.98 Å². The highest BCUT2D eigenvalue weighted by molar-refractivity contribution is 6.32. The zero-order valence-electron chi connectivity index (χ0n) is 13.0. The van der Waals surface area contributed by atoms with E-state index in [1.807, 2.05) is 19.1 Å². The number of aryl methyl sites for hydroxylation is 1. The van der Waals surface area contributed by atoms with Gasteiger partial charge in [-0.1, -0.05) is 35.9 Å². The van der Waals surface area contributed by atoms with Crippen molar-refractivity contribution >= 4 is 11.6 Å². The quantitative estimate of drug-likeness (QED) is 0.608. The fourth-order valence-electron chi connectivity index (χ4n) is 2.16. The summed E-state index contributed by atoms with van der Waals surface area (Å²) >= 11 is 6.13. The molecule has 0 aliphatic rings. The molecule has 2 aromatic carbocycles. The Labute approximate surface area is 144 Å². The number of halogens is 2. The molecule has 0 spiro atoms. The van der Waals surface area contributed by atoms with Gasteiger partial charge in [-0.2, -0.15) is 0 Å². The van der Waals surface area contributed by atoms with Crippen LogP contribution in [0.5, 0.6) is 17.4 Å². The minimum Gasteiger partial charge on any atom is -0.487 e. The number of nitrogens with zero attached hydrogens (tertiary/aromatic N) is 1. The zero-order chi connectivity index (χ0) is 16.9. The molecule has 0 amide bonds. The lowest BCUT2D eigenvalue weighted by Gasteiger charge is -2.10. The highest BCUT2D eigenvalue weighted by Gasteiger charge is 2.07. The van der Waals surface area contributed by atoms with E-state index in [-0.39, 0.29) is 12.4 Å². The average Bonchev–Trinajstić information content (AvgIpc) is 2.58. The number of pyridine rings is 1. The average molecular weight is 344 g/mol. The summed E-state index contributed by atoms with van der Waals surface area (Å²) in [5.41, 5.74) is 1.68. The molecule has 3 nitrogen and oxygen atoms in total. The fraction of sp³-hybridized carbons (Fsp3) is 0.105. The molecule has 3 aromatic rings. The van der Waals surface area contributed by atoms with Gasteiger partial charge in [-0.05, 0) is 42.3 Å². The molecule has 0 saturated carbocycles. The Kier molecular flexibility index (Phi) is 4.96. The van der Waals surface area contributed by atoms with Gasteiger partial charge >= 0.3 is 0 Å². The smallest absolute Gasteiger partial charge is 0.219 e. The third kappa shape index (κ3) is 4.03. The SMILES string of the molecule is Cc1cccc(Cl)c1Oc1ccc(OCc2cccc(F)c2)cn1. The molecule has 0 aliphatic heterocycles. The van der Waals surface area contributed by atoms with Crippen LogP contribution in [0.1, 0.15) is 11.1 Å². The van der Waals surface area contributed by atoms with E-state index in [0.29, 0.717) is 22.4 Å². The molecular weight excluding hydrogens is 329 g/mol. The first kappa shape index (κ1) is 16.3. The molecule has 122 valence electrons. The molecule has 1 heterocycles. The van der Waals surface area contributed by atoms with Gasteiger partial charge in [0.25, 0.3) is 0 Å². The topological polar surface area (TPSA) is 31.4 Å². The van der Waals surface area contributed by atoms with Crippen LogP contribution in [-0.2, 0) is 6.61 Å². The summed E-state index contributed by atoms with van der Waals surface area (Å²) in [6.45, 7) is 2.18. The van der Waals surface area contributed by atoms with Crippen LogP contribution in [0, 0.1) is 12.7 Å². The molecule has 0 atom stereocenters. The van der Waals surface area contributed by atoms with E-state index < -0.39 is 0 Å². The van der Waals surface area contributed by atoms with E-state index in [9.17, 15) is 4.39 Å². The lowest BCUT2D eigenvalue weighted by atomic mass is 10.2. The predicted octanol–water partition coefficient (Wildman–Crippen LogP) is 5.55. The molecule has 0 radical (unpaired) electrons. The van der Waals surface area contributed by atoms with Gasteiger partial charge in [0.15, 0.2) is 5.75 Å². The van der Waals surface area contributed by atoms with Crippen LogP contribution in [-0.4, -0.2) is 4.98 Å². The summed E-state index contributed by atoms with van der Waals surface area (Å²) in [6, 6.07) is 15.3. The van der Waals surface area contributed by atoms with E-state index in [2.05, 4.69) is 4.98 Å². The maximum Gasteiger partial charge on any atom is 0.219 e. The second-order valence-corrected chi connectivity index (χ2v) is 5.65. The summed E-state index contributed by atoms with van der Waals surface area (Å²) in [5.74, 6) is 1.29. The van der Waals surface area contributed by atoms with E-state index in [1.165, 1.54) is 12.1 Å². The van der Waals surface area contributed by atoms with Crippen molar-refractivity contribution in [3.63, 3.8) is 0 Å². The fourth-order valence-corrected chi connectivity index (χ4v) is 2.42. The van der Waals surface area contributed by atoms with Crippen LogP contribution in [0.4, 0.5) is 4.39 Å². The largest absolute Gasteiger partial charge is 0.487 e. The third-order valence-electron chi connectivity index (χ3n) is 3.37. The van der Waals surface area contributed by atoms with Gasteiger partial charge in [0.05, 0.1) is 11.2 Å². The highest BCUT2D eigenvalue weighted by atomic mass is 35.5. The van der Waals surface area contributed by atoms with Crippen LogP contribution in [0.3, 0.4) is 0 Å². The molecule has 1 aromatic heterocycles. The minimum absolute atomic E-state index is 0.267. The minimum atomic E-state index is -0.284. The monoisotopic (exact) mass is 343 g/mol. The maximum absolute atomic E-state index is 13.1.